The van der Waals surface area contributed by atoms with Gasteiger partial charge < -0.3 is 11.1 Å². The van der Waals surface area contributed by atoms with E-state index in [-0.39, 0.29) is 5.91 Å². The van der Waals surface area contributed by atoms with Gasteiger partial charge in [-0.05, 0) is 19.2 Å². The highest BCUT2D eigenvalue weighted by atomic mass is 32.2. The summed E-state index contributed by atoms with van der Waals surface area (Å²) in [5, 5.41) is 3.46. The molecule has 0 radical (unpaired) electrons. The number of carbonyl (C=O) groups excluding carboxylic acids is 1. The molecule has 3 N–H and O–H groups in total. The van der Waals surface area contributed by atoms with Crippen LogP contribution in [0.5, 0.6) is 0 Å². The molecule has 4 heteroatoms. The van der Waals surface area contributed by atoms with Gasteiger partial charge in [-0.25, -0.2) is 0 Å². The number of nitrogens with one attached hydrogen (secondary N) is 1. The minimum Gasteiger partial charge on any atom is -0.368 e. The first-order chi connectivity index (χ1) is 5.42. The minimum absolute atomic E-state index is 0.293. The summed E-state index contributed by atoms with van der Waals surface area (Å²) in [6, 6.07) is 0. The quantitative estimate of drug-likeness (QED) is 0.667. The third-order valence-corrected chi connectivity index (χ3v) is 3.21. The van der Waals surface area contributed by atoms with Crippen molar-refractivity contribution in [2.75, 3.05) is 12.8 Å². The Hall–Kier alpha value is -0.220. The average Bonchev–Trinajstić information content (AvgIpc) is 1.99. The fourth-order valence-corrected chi connectivity index (χ4v) is 1.55. The smallest absolute Gasteiger partial charge is 0.238 e. The van der Waals surface area contributed by atoms with E-state index >= 15 is 0 Å². The predicted molar refractivity (Wildman–Crippen MR) is 54.3 cm³/mol. The minimum atomic E-state index is -0.574. The Labute approximate surface area is 78.5 Å². The second-order valence-electron chi connectivity index (χ2n) is 3.31. The van der Waals surface area contributed by atoms with E-state index in [9.17, 15) is 4.79 Å². The Kier molecular flexibility index (Phi) is 4.63. The van der Waals surface area contributed by atoms with Crippen LogP contribution in [0.2, 0.25) is 0 Å². The zero-order valence-corrected chi connectivity index (χ0v) is 8.99. The van der Waals surface area contributed by atoms with Crippen molar-refractivity contribution < 1.29 is 4.79 Å². The second-order valence-corrected chi connectivity index (χ2v) is 4.87. The molecule has 0 fully saturated rings. The summed E-state index contributed by atoms with van der Waals surface area (Å²) in [4.78, 5) is 11.0. The summed E-state index contributed by atoms with van der Waals surface area (Å²) in [7, 11) is 1.76. The molecule has 0 aromatic heterocycles. The summed E-state index contributed by atoms with van der Waals surface area (Å²) in [6.07, 6.45) is 0. The van der Waals surface area contributed by atoms with Crippen LogP contribution in [0.4, 0.5) is 0 Å². The van der Waals surface area contributed by atoms with E-state index in [1.165, 1.54) is 0 Å². The fourth-order valence-electron chi connectivity index (χ4n) is 0.600. The van der Waals surface area contributed by atoms with Gasteiger partial charge in [-0.2, -0.15) is 11.8 Å². The Morgan fingerprint density at radius 1 is 1.67 bits per heavy atom. The molecule has 1 atom stereocenters. The van der Waals surface area contributed by atoms with Crippen molar-refractivity contribution >= 4 is 17.7 Å². The van der Waals surface area contributed by atoms with Crippen LogP contribution in [0.15, 0.2) is 0 Å². The maximum Gasteiger partial charge on any atom is 0.238 e. The molecule has 3 nitrogen and oxygen atoms in total. The Morgan fingerprint density at radius 2 is 2.17 bits per heavy atom. The molecular formula is C8H18N2OS. The standard InChI is InChI=1S/C8H18N2OS/c1-6(2)12-5-8(3,10-4)7(9)11/h6,10H,5H2,1-4H3,(H2,9,11). The third kappa shape index (κ3) is 3.45. The SMILES string of the molecule is CNC(C)(CSC(C)C)C(N)=O. The van der Waals surface area contributed by atoms with Crippen LogP contribution in [0, 0.1) is 0 Å². The van der Waals surface area contributed by atoms with Crippen molar-refractivity contribution in [3.8, 4) is 0 Å². The van der Waals surface area contributed by atoms with Gasteiger partial charge in [0.25, 0.3) is 0 Å². The van der Waals surface area contributed by atoms with E-state index in [4.69, 9.17) is 5.73 Å². The van der Waals surface area contributed by atoms with Gasteiger partial charge in [0.1, 0.15) is 5.54 Å². The highest BCUT2D eigenvalue weighted by Gasteiger charge is 2.28. The highest BCUT2D eigenvalue weighted by Crippen LogP contribution is 2.16. The molecule has 0 rings (SSSR count). The number of primary amides is 1. The monoisotopic (exact) mass is 190 g/mol. The fraction of sp³-hybridized carbons (Fsp3) is 0.875. The number of rotatable bonds is 5. The van der Waals surface area contributed by atoms with Crippen molar-refractivity contribution in [1.82, 2.24) is 5.32 Å². The van der Waals surface area contributed by atoms with Crippen LogP contribution in [0.3, 0.4) is 0 Å². The highest BCUT2D eigenvalue weighted by molar-refractivity contribution is 7.99. The van der Waals surface area contributed by atoms with Crippen LogP contribution in [-0.2, 0) is 4.79 Å². The van der Waals surface area contributed by atoms with E-state index in [2.05, 4.69) is 19.2 Å². The largest absolute Gasteiger partial charge is 0.368 e. The number of thioether (sulfide) groups is 1. The van der Waals surface area contributed by atoms with Crippen molar-refractivity contribution in [3.05, 3.63) is 0 Å². The normalized spacial score (nSPS) is 16.1. The van der Waals surface area contributed by atoms with E-state index in [1.54, 1.807) is 18.8 Å². The van der Waals surface area contributed by atoms with Gasteiger partial charge in [-0.15, -0.1) is 0 Å². The summed E-state index contributed by atoms with van der Waals surface area (Å²) >= 11 is 1.73. The first kappa shape index (κ1) is 11.8. The number of hydrogen-bond acceptors (Lipinski definition) is 3. The number of hydrogen-bond donors (Lipinski definition) is 2. The molecular weight excluding hydrogens is 172 g/mol. The molecule has 0 bridgehead atoms. The Morgan fingerprint density at radius 3 is 2.42 bits per heavy atom. The Bertz CT molecular complexity index is 161. The zero-order valence-electron chi connectivity index (χ0n) is 8.18. The molecule has 0 saturated heterocycles. The molecule has 72 valence electrons. The van der Waals surface area contributed by atoms with Gasteiger partial charge in [0.15, 0.2) is 0 Å². The number of likely N-dealkylation sites (N-methyl/N-ethyl adjacent to an activating group) is 1. The lowest BCUT2D eigenvalue weighted by molar-refractivity contribution is -0.122. The summed E-state index contributed by atoms with van der Waals surface area (Å²) in [5.41, 5.74) is 4.68. The van der Waals surface area contributed by atoms with E-state index in [0.29, 0.717) is 5.25 Å². The van der Waals surface area contributed by atoms with Gasteiger partial charge in [0.2, 0.25) is 5.91 Å². The van der Waals surface area contributed by atoms with Crippen LogP contribution >= 0.6 is 11.8 Å². The third-order valence-electron chi connectivity index (χ3n) is 1.80. The van der Waals surface area contributed by atoms with Crippen molar-refractivity contribution in [2.45, 2.75) is 31.6 Å². The second kappa shape index (κ2) is 4.72. The molecule has 0 aliphatic carbocycles. The summed E-state index contributed by atoms with van der Waals surface area (Å²) in [6.45, 7) is 6.02. The lowest BCUT2D eigenvalue weighted by Gasteiger charge is -2.25. The number of carbonyl (C=O) groups is 1. The zero-order chi connectivity index (χ0) is 9.78. The van der Waals surface area contributed by atoms with Crippen LogP contribution < -0.4 is 11.1 Å². The number of amides is 1. The van der Waals surface area contributed by atoms with Gasteiger partial charge >= 0.3 is 0 Å². The number of nitrogens with two attached hydrogens (primary N) is 1. The lowest BCUT2D eigenvalue weighted by atomic mass is 10.1. The molecule has 0 aromatic rings. The van der Waals surface area contributed by atoms with Gasteiger partial charge in [0.05, 0.1) is 0 Å². The van der Waals surface area contributed by atoms with E-state index < -0.39 is 5.54 Å². The van der Waals surface area contributed by atoms with Crippen LogP contribution in [0.1, 0.15) is 20.8 Å². The Balaban J connectivity index is 4.06. The molecule has 0 aliphatic heterocycles. The van der Waals surface area contributed by atoms with Crippen molar-refractivity contribution in [2.24, 2.45) is 5.73 Å². The van der Waals surface area contributed by atoms with Gasteiger partial charge in [-0.3, -0.25) is 4.79 Å². The molecule has 1 amide bonds. The topological polar surface area (TPSA) is 55.1 Å². The van der Waals surface area contributed by atoms with E-state index in [1.807, 2.05) is 6.92 Å². The molecule has 1 unspecified atom stereocenters. The van der Waals surface area contributed by atoms with Crippen molar-refractivity contribution in [1.29, 1.82) is 0 Å². The molecule has 0 spiro atoms. The molecule has 0 aromatic carbocycles. The summed E-state index contributed by atoms with van der Waals surface area (Å²) < 4.78 is 0. The lowest BCUT2D eigenvalue weighted by Crippen LogP contribution is -2.53. The summed E-state index contributed by atoms with van der Waals surface area (Å²) in [5.74, 6) is 0.425. The van der Waals surface area contributed by atoms with E-state index in [0.717, 1.165) is 5.75 Å². The predicted octanol–water partition coefficient (Wildman–Crippen LogP) is 0.591. The maximum atomic E-state index is 11.0. The maximum absolute atomic E-state index is 11.0. The average molecular weight is 190 g/mol. The van der Waals surface area contributed by atoms with Crippen molar-refractivity contribution in [3.63, 3.8) is 0 Å². The molecule has 0 aliphatic rings. The molecule has 0 saturated carbocycles. The van der Waals surface area contributed by atoms with Gasteiger partial charge in [0, 0.05) is 5.75 Å². The van der Waals surface area contributed by atoms with Crippen LogP contribution in [0.25, 0.3) is 0 Å². The molecule has 0 heterocycles. The van der Waals surface area contributed by atoms with Crippen LogP contribution in [-0.4, -0.2) is 29.5 Å². The van der Waals surface area contributed by atoms with Gasteiger partial charge in [-0.1, -0.05) is 13.8 Å². The molecule has 12 heavy (non-hydrogen) atoms. The first-order valence-electron chi connectivity index (χ1n) is 4.03. The first-order valence-corrected chi connectivity index (χ1v) is 5.07.